The normalized spacial score (nSPS) is 24.8. The lowest BCUT2D eigenvalue weighted by Crippen LogP contribution is -2.41. The van der Waals surface area contributed by atoms with Crippen molar-refractivity contribution in [1.82, 2.24) is 4.98 Å². The number of rotatable bonds is 2. The molecule has 1 aliphatic heterocycles. The van der Waals surface area contributed by atoms with Gasteiger partial charge in [-0.05, 0) is 60.1 Å². The van der Waals surface area contributed by atoms with Crippen LogP contribution < -0.4 is 4.90 Å². The Bertz CT molecular complexity index is 605. The van der Waals surface area contributed by atoms with E-state index < -0.39 is 0 Å². The summed E-state index contributed by atoms with van der Waals surface area (Å²) in [4.78, 5) is 6.69. The van der Waals surface area contributed by atoms with E-state index in [0.29, 0.717) is 0 Å². The van der Waals surface area contributed by atoms with Gasteiger partial charge in [0.1, 0.15) is 0 Å². The van der Waals surface area contributed by atoms with Crippen LogP contribution in [0.15, 0.2) is 48.8 Å². The molecule has 2 heteroatoms. The minimum atomic E-state index is 0.933. The van der Waals surface area contributed by atoms with Gasteiger partial charge in [0.15, 0.2) is 0 Å². The van der Waals surface area contributed by atoms with Crippen LogP contribution >= 0.6 is 0 Å². The molecule has 1 saturated heterocycles. The molecule has 2 atom stereocenters. The molecule has 0 radical (unpaired) electrons. The molecule has 2 unspecified atom stereocenters. The highest BCUT2D eigenvalue weighted by Gasteiger charge is 2.31. The quantitative estimate of drug-likeness (QED) is 0.793. The maximum atomic E-state index is 4.09. The van der Waals surface area contributed by atoms with Gasteiger partial charge in [-0.25, -0.2) is 0 Å². The van der Waals surface area contributed by atoms with E-state index in [1.165, 1.54) is 62.0 Å². The molecule has 2 nitrogen and oxygen atoms in total. The first-order valence-corrected chi connectivity index (χ1v) is 8.65. The fraction of sp³-hybridized carbons (Fsp3) is 0.450. The van der Waals surface area contributed by atoms with E-state index in [9.17, 15) is 0 Å². The Morgan fingerprint density at radius 1 is 0.773 bits per heavy atom. The zero-order valence-electron chi connectivity index (χ0n) is 13.1. The van der Waals surface area contributed by atoms with Crippen LogP contribution in [0, 0.1) is 11.8 Å². The lowest BCUT2D eigenvalue weighted by molar-refractivity contribution is 0.202. The van der Waals surface area contributed by atoms with Gasteiger partial charge < -0.3 is 4.90 Å². The van der Waals surface area contributed by atoms with E-state index >= 15 is 0 Å². The number of hydrogen-bond donors (Lipinski definition) is 0. The summed E-state index contributed by atoms with van der Waals surface area (Å²) in [5, 5.41) is 0. The van der Waals surface area contributed by atoms with Gasteiger partial charge in [0.2, 0.25) is 0 Å². The lowest BCUT2D eigenvalue weighted by atomic mass is 9.75. The van der Waals surface area contributed by atoms with E-state index in [2.05, 4.69) is 46.3 Å². The average Bonchev–Trinajstić information content (AvgIpc) is 2.62. The molecular weight excluding hydrogens is 268 g/mol. The zero-order chi connectivity index (χ0) is 14.8. The number of piperidine rings is 1. The summed E-state index contributed by atoms with van der Waals surface area (Å²) in [6.07, 6.45) is 10.9. The Labute approximate surface area is 133 Å². The van der Waals surface area contributed by atoms with E-state index in [-0.39, 0.29) is 0 Å². The fourth-order valence-corrected chi connectivity index (χ4v) is 4.24. The maximum Gasteiger partial charge on any atom is 0.0366 e. The summed E-state index contributed by atoms with van der Waals surface area (Å²) >= 11 is 0. The molecule has 0 amide bonds. The third-order valence-electron chi connectivity index (χ3n) is 5.54. The van der Waals surface area contributed by atoms with Gasteiger partial charge >= 0.3 is 0 Å². The van der Waals surface area contributed by atoms with Crippen molar-refractivity contribution in [2.45, 2.75) is 32.1 Å². The number of fused-ring (bicyclic) bond motifs is 1. The first-order chi connectivity index (χ1) is 10.9. The van der Waals surface area contributed by atoms with Crippen molar-refractivity contribution >= 4 is 5.69 Å². The smallest absolute Gasteiger partial charge is 0.0366 e. The molecule has 22 heavy (non-hydrogen) atoms. The molecule has 114 valence electrons. The first kappa shape index (κ1) is 13.8. The van der Waals surface area contributed by atoms with Crippen molar-refractivity contribution in [3.8, 4) is 11.1 Å². The number of pyridine rings is 1. The third-order valence-corrected chi connectivity index (χ3v) is 5.54. The molecule has 1 aromatic heterocycles. The Hall–Kier alpha value is -1.83. The first-order valence-electron chi connectivity index (χ1n) is 8.65. The number of nitrogens with zero attached hydrogens (tertiary/aromatic N) is 2. The largest absolute Gasteiger partial charge is 0.371 e. The Kier molecular flexibility index (Phi) is 3.84. The molecule has 2 fully saturated rings. The van der Waals surface area contributed by atoms with Crippen molar-refractivity contribution in [1.29, 1.82) is 0 Å². The molecule has 1 aliphatic carbocycles. The topological polar surface area (TPSA) is 16.1 Å². The van der Waals surface area contributed by atoms with Gasteiger partial charge in [-0.3, -0.25) is 4.98 Å². The van der Waals surface area contributed by atoms with Crippen LogP contribution in [0.4, 0.5) is 5.69 Å². The number of benzene rings is 1. The highest BCUT2D eigenvalue weighted by Crippen LogP contribution is 2.37. The van der Waals surface area contributed by atoms with Crippen molar-refractivity contribution in [2.75, 3.05) is 18.0 Å². The Morgan fingerprint density at radius 3 is 2.23 bits per heavy atom. The second-order valence-electron chi connectivity index (χ2n) is 6.82. The van der Waals surface area contributed by atoms with Crippen LogP contribution in [0.5, 0.6) is 0 Å². The summed E-state index contributed by atoms with van der Waals surface area (Å²) in [6.45, 7) is 2.50. The van der Waals surface area contributed by atoms with Gasteiger partial charge in [0.05, 0.1) is 0 Å². The second-order valence-corrected chi connectivity index (χ2v) is 6.82. The standard InChI is InChI=1S/C20H24N2/c1-2-4-19-15-22(14-11-16(19)3-1)20-7-5-17(6-8-20)18-9-12-21-13-10-18/h5-10,12-13,16,19H,1-4,11,14-15H2. The number of anilines is 1. The van der Waals surface area contributed by atoms with E-state index in [1.807, 2.05) is 12.4 Å². The van der Waals surface area contributed by atoms with Crippen molar-refractivity contribution in [2.24, 2.45) is 11.8 Å². The van der Waals surface area contributed by atoms with E-state index in [0.717, 1.165) is 11.8 Å². The molecule has 1 aromatic carbocycles. The van der Waals surface area contributed by atoms with Gasteiger partial charge in [0.25, 0.3) is 0 Å². The van der Waals surface area contributed by atoms with Crippen LogP contribution in [0.3, 0.4) is 0 Å². The molecule has 2 heterocycles. The molecule has 0 N–H and O–H groups in total. The third kappa shape index (κ3) is 2.75. The minimum Gasteiger partial charge on any atom is -0.371 e. The fourth-order valence-electron chi connectivity index (χ4n) is 4.24. The summed E-state index contributed by atoms with van der Waals surface area (Å²) in [6, 6.07) is 13.2. The van der Waals surface area contributed by atoms with Gasteiger partial charge in [-0.1, -0.05) is 31.4 Å². The minimum absolute atomic E-state index is 0.933. The summed E-state index contributed by atoms with van der Waals surface area (Å²) in [5.41, 5.74) is 3.91. The second kappa shape index (κ2) is 6.12. The van der Waals surface area contributed by atoms with Crippen LogP contribution in [-0.4, -0.2) is 18.1 Å². The van der Waals surface area contributed by atoms with Crippen LogP contribution in [-0.2, 0) is 0 Å². The molecule has 1 saturated carbocycles. The number of hydrogen-bond acceptors (Lipinski definition) is 2. The highest BCUT2D eigenvalue weighted by atomic mass is 15.1. The Morgan fingerprint density at radius 2 is 1.45 bits per heavy atom. The Balaban J connectivity index is 1.49. The lowest BCUT2D eigenvalue weighted by Gasteiger charge is -2.42. The predicted molar refractivity (Wildman–Crippen MR) is 92.0 cm³/mol. The predicted octanol–water partition coefficient (Wildman–Crippen LogP) is 4.77. The molecule has 0 spiro atoms. The van der Waals surface area contributed by atoms with Crippen molar-refractivity contribution in [3.63, 3.8) is 0 Å². The van der Waals surface area contributed by atoms with Crippen LogP contribution in [0.25, 0.3) is 11.1 Å². The maximum absolute atomic E-state index is 4.09. The molecule has 4 rings (SSSR count). The summed E-state index contributed by atoms with van der Waals surface area (Å²) in [5.74, 6) is 1.93. The average molecular weight is 292 g/mol. The van der Waals surface area contributed by atoms with Gasteiger partial charge in [0, 0.05) is 31.2 Å². The summed E-state index contributed by atoms with van der Waals surface area (Å²) in [7, 11) is 0. The van der Waals surface area contributed by atoms with Gasteiger partial charge in [-0.2, -0.15) is 0 Å². The summed E-state index contributed by atoms with van der Waals surface area (Å²) < 4.78 is 0. The molecular formula is C20H24N2. The SMILES string of the molecule is c1cc(-c2ccc(N3CCC4CCCCC4C3)cc2)ccn1. The van der Waals surface area contributed by atoms with Gasteiger partial charge in [-0.15, -0.1) is 0 Å². The van der Waals surface area contributed by atoms with Crippen LogP contribution in [0.1, 0.15) is 32.1 Å². The van der Waals surface area contributed by atoms with E-state index in [1.54, 1.807) is 0 Å². The molecule has 2 aliphatic rings. The van der Waals surface area contributed by atoms with Crippen molar-refractivity contribution < 1.29 is 0 Å². The van der Waals surface area contributed by atoms with Crippen molar-refractivity contribution in [3.05, 3.63) is 48.8 Å². The molecule has 2 aromatic rings. The number of aromatic nitrogens is 1. The zero-order valence-corrected chi connectivity index (χ0v) is 13.1. The highest BCUT2D eigenvalue weighted by molar-refractivity contribution is 5.65. The van der Waals surface area contributed by atoms with Crippen LogP contribution in [0.2, 0.25) is 0 Å². The molecule has 0 bridgehead atoms. The van der Waals surface area contributed by atoms with E-state index in [4.69, 9.17) is 0 Å². The monoisotopic (exact) mass is 292 g/mol.